The van der Waals surface area contributed by atoms with Crippen molar-refractivity contribution >= 4 is 11.8 Å². The molecule has 0 aliphatic carbocycles. The molecular formula is C29H24N2O5. The van der Waals surface area contributed by atoms with Crippen LogP contribution in [0.3, 0.4) is 0 Å². The first-order valence-corrected chi connectivity index (χ1v) is 11.9. The summed E-state index contributed by atoms with van der Waals surface area (Å²) in [5.74, 6) is 7.02. The van der Waals surface area contributed by atoms with Crippen molar-refractivity contribution in [2.75, 3.05) is 26.5 Å². The largest absolute Gasteiger partial charge is 0.454 e. The fourth-order valence-corrected chi connectivity index (χ4v) is 5.32. The fraction of sp³-hybridized carbons (Fsp3) is 0.241. The Balaban J connectivity index is 1.21. The SMILES string of the molecule is O=C(c1ccc2c(c1)OCO2)N1CC(=O)N2[C@H](CO)[C@H](c3ccc(C#Cc4ccccc4)cc3)[C@H]2C1. The number of ether oxygens (including phenoxy) is 2. The van der Waals surface area contributed by atoms with Crippen LogP contribution in [0, 0.1) is 11.8 Å². The molecule has 3 atom stereocenters. The van der Waals surface area contributed by atoms with Gasteiger partial charge in [0.25, 0.3) is 5.91 Å². The molecular weight excluding hydrogens is 456 g/mol. The molecule has 3 aromatic carbocycles. The van der Waals surface area contributed by atoms with E-state index in [1.807, 2.05) is 54.6 Å². The molecule has 6 rings (SSSR count). The molecule has 0 radical (unpaired) electrons. The average molecular weight is 481 g/mol. The molecule has 3 aromatic rings. The maximum Gasteiger partial charge on any atom is 0.254 e. The van der Waals surface area contributed by atoms with Crippen LogP contribution >= 0.6 is 0 Å². The van der Waals surface area contributed by atoms with Crippen molar-refractivity contribution in [1.29, 1.82) is 0 Å². The molecule has 0 aromatic heterocycles. The molecule has 7 nitrogen and oxygen atoms in total. The van der Waals surface area contributed by atoms with Crippen LogP contribution < -0.4 is 9.47 Å². The van der Waals surface area contributed by atoms with E-state index in [1.54, 1.807) is 28.0 Å². The Labute approximate surface area is 208 Å². The molecule has 3 aliphatic rings. The number of aliphatic hydroxyl groups excluding tert-OH is 1. The first-order chi connectivity index (χ1) is 17.6. The predicted molar refractivity (Wildman–Crippen MR) is 132 cm³/mol. The monoisotopic (exact) mass is 480 g/mol. The van der Waals surface area contributed by atoms with Gasteiger partial charge in [0.05, 0.1) is 18.7 Å². The predicted octanol–water partition coefficient (Wildman–Crippen LogP) is 2.63. The Morgan fingerprint density at radius 3 is 2.42 bits per heavy atom. The van der Waals surface area contributed by atoms with E-state index in [0.29, 0.717) is 23.6 Å². The smallest absolute Gasteiger partial charge is 0.254 e. The molecule has 36 heavy (non-hydrogen) atoms. The van der Waals surface area contributed by atoms with E-state index < -0.39 is 0 Å². The number of benzene rings is 3. The van der Waals surface area contributed by atoms with Crippen LogP contribution in [0.2, 0.25) is 0 Å². The van der Waals surface area contributed by atoms with Gasteiger partial charge in [0, 0.05) is 29.2 Å². The van der Waals surface area contributed by atoms with Gasteiger partial charge in [-0.1, -0.05) is 42.2 Å². The summed E-state index contributed by atoms with van der Waals surface area (Å²) in [5, 5.41) is 10.1. The number of nitrogens with zero attached hydrogens (tertiary/aromatic N) is 2. The van der Waals surface area contributed by atoms with Crippen LogP contribution in [0.25, 0.3) is 0 Å². The third-order valence-electron chi connectivity index (χ3n) is 7.08. The van der Waals surface area contributed by atoms with Gasteiger partial charge in [-0.15, -0.1) is 0 Å². The van der Waals surface area contributed by atoms with Crippen LogP contribution in [0.5, 0.6) is 11.5 Å². The first-order valence-electron chi connectivity index (χ1n) is 11.9. The standard InChI is InChI=1S/C29H24N2O5/c32-17-24-28(21-10-8-20(9-11-21)7-6-19-4-2-1-3-5-19)23-15-30(16-27(33)31(23)24)29(34)22-12-13-25-26(14-22)36-18-35-25/h1-5,8-14,23-24,28,32H,15-18H2/t23-,24-,28-/m1/s1. The van der Waals surface area contributed by atoms with Crippen LogP contribution in [0.15, 0.2) is 72.8 Å². The highest BCUT2D eigenvalue weighted by atomic mass is 16.7. The van der Waals surface area contributed by atoms with Gasteiger partial charge in [0.2, 0.25) is 12.7 Å². The normalized spacial score (nSPS) is 21.8. The minimum atomic E-state index is -0.299. The van der Waals surface area contributed by atoms with E-state index in [-0.39, 0.29) is 49.8 Å². The number of aliphatic hydroxyl groups is 1. The van der Waals surface area contributed by atoms with Gasteiger partial charge >= 0.3 is 0 Å². The summed E-state index contributed by atoms with van der Waals surface area (Å²) in [7, 11) is 0. The van der Waals surface area contributed by atoms with Crippen molar-refractivity contribution in [3.05, 3.63) is 95.1 Å². The minimum Gasteiger partial charge on any atom is -0.454 e. The van der Waals surface area contributed by atoms with E-state index in [0.717, 1.165) is 16.7 Å². The second kappa shape index (κ2) is 9.06. The van der Waals surface area contributed by atoms with Crippen molar-refractivity contribution in [3.8, 4) is 23.3 Å². The average Bonchev–Trinajstić information content (AvgIpc) is 3.37. The zero-order valence-corrected chi connectivity index (χ0v) is 19.5. The highest BCUT2D eigenvalue weighted by Gasteiger charge is 2.54. The molecule has 0 saturated carbocycles. The Hall–Kier alpha value is -4.28. The van der Waals surface area contributed by atoms with Crippen molar-refractivity contribution in [2.24, 2.45) is 0 Å². The fourth-order valence-electron chi connectivity index (χ4n) is 5.32. The summed E-state index contributed by atoms with van der Waals surface area (Å²) < 4.78 is 10.7. The number of carbonyl (C=O) groups is 2. The van der Waals surface area contributed by atoms with E-state index in [2.05, 4.69) is 11.8 Å². The highest BCUT2D eigenvalue weighted by Crippen LogP contribution is 2.43. The Bertz CT molecular complexity index is 1380. The summed E-state index contributed by atoms with van der Waals surface area (Å²) in [4.78, 5) is 29.5. The molecule has 0 spiro atoms. The van der Waals surface area contributed by atoms with E-state index in [9.17, 15) is 14.7 Å². The van der Waals surface area contributed by atoms with Gasteiger partial charge in [-0.3, -0.25) is 9.59 Å². The molecule has 180 valence electrons. The van der Waals surface area contributed by atoms with Gasteiger partial charge < -0.3 is 24.4 Å². The zero-order chi connectivity index (χ0) is 24.6. The summed E-state index contributed by atoms with van der Waals surface area (Å²) in [5.41, 5.74) is 3.31. The molecule has 2 amide bonds. The van der Waals surface area contributed by atoms with Gasteiger partial charge in [-0.25, -0.2) is 0 Å². The number of rotatable bonds is 3. The number of fused-ring (bicyclic) bond motifs is 2. The Morgan fingerprint density at radius 1 is 0.944 bits per heavy atom. The highest BCUT2D eigenvalue weighted by molar-refractivity contribution is 5.98. The number of piperazine rings is 1. The molecule has 0 unspecified atom stereocenters. The van der Waals surface area contributed by atoms with Crippen LogP contribution in [0.1, 0.15) is 33.0 Å². The molecule has 0 bridgehead atoms. The molecule has 3 aliphatic heterocycles. The van der Waals surface area contributed by atoms with Gasteiger partial charge in [0.1, 0.15) is 6.54 Å². The Morgan fingerprint density at radius 2 is 1.67 bits per heavy atom. The Kier molecular flexibility index (Phi) is 5.59. The maximum atomic E-state index is 13.2. The van der Waals surface area contributed by atoms with E-state index in [4.69, 9.17) is 9.47 Å². The lowest BCUT2D eigenvalue weighted by Crippen LogP contribution is -2.73. The second-order valence-electron chi connectivity index (χ2n) is 9.14. The molecule has 7 heteroatoms. The van der Waals surface area contributed by atoms with Crippen LogP contribution in [-0.4, -0.2) is 65.3 Å². The number of hydrogen-bond donors (Lipinski definition) is 1. The molecule has 1 N–H and O–H groups in total. The third kappa shape index (κ3) is 3.86. The lowest BCUT2D eigenvalue weighted by molar-refractivity contribution is -0.159. The van der Waals surface area contributed by atoms with Crippen molar-refractivity contribution in [2.45, 2.75) is 18.0 Å². The second-order valence-corrected chi connectivity index (χ2v) is 9.14. The maximum absolute atomic E-state index is 13.2. The van der Waals surface area contributed by atoms with E-state index in [1.165, 1.54) is 0 Å². The van der Waals surface area contributed by atoms with Crippen molar-refractivity contribution in [3.63, 3.8) is 0 Å². The number of hydrogen-bond acceptors (Lipinski definition) is 5. The topological polar surface area (TPSA) is 79.3 Å². The van der Waals surface area contributed by atoms with Crippen molar-refractivity contribution in [1.82, 2.24) is 9.80 Å². The first kappa shape index (κ1) is 22.2. The zero-order valence-electron chi connectivity index (χ0n) is 19.5. The summed E-state index contributed by atoms with van der Waals surface area (Å²) >= 11 is 0. The lowest BCUT2D eigenvalue weighted by atomic mass is 9.73. The van der Waals surface area contributed by atoms with E-state index >= 15 is 0 Å². The molecule has 3 heterocycles. The van der Waals surface area contributed by atoms with Gasteiger partial charge in [-0.05, 0) is 48.0 Å². The number of carbonyl (C=O) groups excluding carboxylic acids is 2. The van der Waals surface area contributed by atoms with Crippen LogP contribution in [-0.2, 0) is 4.79 Å². The minimum absolute atomic E-state index is 0.0129. The molecule has 2 saturated heterocycles. The summed E-state index contributed by atoms with van der Waals surface area (Å²) in [6, 6.07) is 22.3. The van der Waals surface area contributed by atoms with Gasteiger partial charge in [0.15, 0.2) is 11.5 Å². The number of amides is 2. The lowest BCUT2D eigenvalue weighted by Gasteiger charge is -2.58. The molecule has 2 fully saturated rings. The summed E-state index contributed by atoms with van der Waals surface area (Å²) in [6.07, 6.45) is 0. The van der Waals surface area contributed by atoms with Crippen LogP contribution in [0.4, 0.5) is 0 Å². The summed E-state index contributed by atoms with van der Waals surface area (Å²) in [6.45, 7) is 0.391. The van der Waals surface area contributed by atoms with Crippen molar-refractivity contribution < 1.29 is 24.2 Å². The van der Waals surface area contributed by atoms with Gasteiger partial charge in [-0.2, -0.15) is 0 Å². The third-order valence-corrected chi connectivity index (χ3v) is 7.08. The quantitative estimate of drug-likeness (QED) is 0.583.